The third-order valence-corrected chi connectivity index (χ3v) is 5.05. The van der Waals surface area contributed by atoms with Crippen LogP contribution in [0.4, 0.5) is 5.82 Å². The fourth-order valence-electron chi connectivity index (χ4n) is 3.39. The maximum atomic E-state index is 12.5. The Morgan fingerprint density at radius 3 is 3.04 bits per heavy atom. The number of nitrogens with zero attached hydrogens (tertiary/aromatic N) is 3. The van der Waals surface area contributed by atoms with Gasteiger partial charge in [-0.1, -0.05) is 6.92 Å². The van der Waals surface area contributed by atoms with Crippen molar-refractivity contribution in [2.24, 2.45) is 5.92 Å². The van der Waals surface area contributed by atoms with Gasteiger partial charge in [0.15, 0.2) is 0 Å². The van der Waals surface area contributed by atoms with Crippen LogP contribution >= 0.6 is 0 Å². The Balaban J connectivity index is 1.34. The van der Waals surface area contributed by atoms with Crippen molar-refractivity contribution >= 4 is 11.7 Å². The second kappa shape index (κ2) is 5.92. The number of carbonyl (C=O) groups is 1. The summed E-state index contributed by atoms with van der Waals surface area (Å²) in [7, 11) is 0. The van der Waals surface area contributed by atoms with Gasteiger partial charge in [-0.05, 0) is 36.1 Å². The average molecular weight is 326 g/mol. The van der Waals surface area contributed by atoms with Crippen molar-refractivity contribution < 1.29 is 9.21 Å². The molecule has 2 atom stereocenters. The highest BCUT2D eigenvalue weighted by Crippen LogP contribution is 2.47. The SMILES string of the molecule is C[C@H]1C[C@@H]1c1ccc(CCC(=O)N2CCc3nnc(N)cc3C2)o1. The lowest BCUT2D eigenvalue weighted by molar-refractivity contribution is -0.132. The molecule has 0 bridgehead atoms. The molecule has 2 aromatic heterocycles. The molecule has 4 rings (SSSR count). The zero-order valence-electron chi connectivity index (χ0n) is 13.9. The molecule has 0 saturated heterocycles. The standard InChI is InChI=1S/C18H22N4O2/c1-11-8-14(11)16-4-2-13(24-16)3-5-18(23)22-7-6-15-12(10-22)9-17(19)21-20-15/h2,4,9,11,14H,3,5-8,10H2,1H3,(H2,19,21)/t11-,14-/m0/s1. The zero-order chi connectivity index (χ0) is 16.7. The van der Waals surface area contributed by atoms with Gasteiger partial charge in [-0.3, -0.25) is 4.79 Å². The Kier molecular flexibility index (Phi) is 3.75. The monoisotopic (exact) mass is 326 g/mol. The number of aromatic nitrogens is 2. The predicted molar refractivity (Wildman–Crippen MR) is 89.1 cm³/mol. The van der Waals surface area contributed by atoms with Crippen molar-refractivity contribution in [2.45, 2.75) is 45.1 Å². The van der Waals surface area contributed by atoms with Crippen LogP contribution in [0, 0.1) is 5.92 Å². The topological polar surface area (TPSA) is 85.2 Å². The van der Waals surface area contributed by atoms with Crippen molar-refractivity contribution in [3.8, 4) is 0 Å². The smallest absolute Gasteiger partial charge is 0.223 e. The molecule has 3 heterocycles. The molecule has 1 saturated carbocycles. The summed E-state index contributed by atoms with van der Waals surface area (Å²) in [5, 5.41) is 7.99. The highest BCUT2D eigenvalue weighted by molar-refractivity contribution is 5.76. The molecule has 126 valence electrons. The number of aryl methyl sites for hydroxylation is 1. The summed E-state index contributed by atoms with van der Waals surface area (Å²) < 4.78 is 5.88. The van der Waals surface area contributed by atoms with Crippen LogP contribution in [0.15, 0.2) is 22.6 Å². The van der Waals surface area contributed by atoms with Crippen molar-refractivity contribution in [1.82, 2.24) is 15.1 Å². The van der Waals surface area contributed by atoms with Gasteiger partial charge in [-0.2, -0.15) is 5.10 Å². The highest BCUT2D eigenvalue weighted by atomic mass is 16.3. The number of carbonyl (C=O) groups excluding carboxylic acids is 1. The van der Waals surface area contributed by atoms with E-state index in [1.54, 1.807) is 0 Å². The molecule has 2 N–H and O–H groups in total. The first-order valence-electron chi connectivity index (χ1n) is 8.57. The Hall–Kier alpha value is -2.37. The summed E-state index contributed by atoms with van der Waals surface area (Å²) in [5.41, 5.74) is 7.64. The molecular weight excluding hydrogens is 304 g/mol. The molecule has 1 amide bonds. The predicted octanol–water partition coefficient (Wildman–Crippen LogP) is 2.29. The van der Waals surface area contributed by atoms with Gasteiger partial charge in [0.05, 0.1) is 5.69 Å². The Bertz CT molecular complexity index is 770. The van der Waals surface area contributed by atoms with E-state index in [2.05, 4.69) is 23.2 Å². The number of anilines is 1. The number of amides is 1. The van der Waals surface area contributed by atoms with Crippen LogP contribution in [0.25, 0.3) is 0 Å². The van der Waals surface area contributed by atoms with Crippen LogP contribution in [0.3, 0.4) is 0 Å². The Labute approximate surface area is 141 Å². The van der Waals surface area contributed by atoms with Gasteiger partial charge in [0.1, 0.15) is 17.3 Å². The highest BCUT2D eigenvalue weighted by Gasteiger charge is 2.36. The van der Waals surface area contributed by atoms with Crippen molar-refractivity contribution in [3.63, 3.8) is 0 Å². The molecule has 24 heavy (non-hydrogen) atoms. The molecule has 0 radical (unpaired) electrons. The van der Waals surface area contributed by atoms with Gasteiger partial charge < -0.3 is 15.1 Å². The van der Waals surface area contributed by atoms with Gasteiger partial charge >= 0.3 is 0 Å². The molecule has 1 fully saturated rings. The minimum absolute atomic E-state index is 0.147. The van der Waals surface area contributed by atoms with Gasteiger partial charge in [0.25, 0.3) is 0 Å². The number of nitrogen functional groups attached to an aromatic ring is 1. The fourth-order valence-corrected chi connectivity index (χ4v) is 3.39. The normalized spacial score (nSPS) is 22.3. The molecule has 0 unspecified atom stereocenters. The summed E-state index contributed by atoms with van der Waals surface area (Å²) in [6, 6.07) is 5.89. The lowest BCUT2D eigenvalue weighted by atomic mass is 10.1. The summed E-state index contributed by atoms with van der Waals surface area (Å²) >= 11 is 0. The molecular formula is C18H22N4O2. The number of hydrogen-bond donors (Lipinski definition) is 1. The van der Waals surface area contributed by atoms with Gasteiger partial charge in [-0.25, -0.2) is 0 Å². The van der Waals surface area contributed by atoms with E-state index in [1.807, 2.05) is 17.0 Å². The number of furan rings is 1. The summed E-state index contributed by atoms with van der Waals surface area (Å²) in [5.74, 6) is 3.85. The lowest BCUT2D eigenvalue weighted by Crippen LogP contribution is -2.36. The van der Waals surface area contributed by atoms with Crippen LogP contribution in [0.5, 0.6) is 0 Å². The molecule has 2 aromatic rings. The lowest BCUT2D eigenvalue weighted by Gasteiger charge is -2.28. The number of hydrogen-bond acceptors (Lipinski definition) is 5. The molecule has 0 aromatic carbocycles. The van der Waals surface area contributed by atoms with Crippen molar-refractivity contribution in [1.29, 1.82) is 0 Å². The minimum atomic E-state index is 0.147. The maximum Gasteiger partial charge on any atom is 0.223 e. The van der Waals surface area contributed by atoms with Crippen LogP contribution < -0.4 is 5.73 Å². The summed E-state index contributed by atoms with van der Waals surface area (Å²) in [6.45, 7) is 3.49. The van der Waals surface area contributed by atoms with E-state index >= 15 is 0 Å². The van der Waals surface area contributed by atoms with E-state index in [0.29, 0.717) is 37.7 Å². The summed E-state index contributed by atoms with van der Waals surface area (Å²) in [6.07, 6.45) is 3.07. The van der Waals surface area contributed by atoms with E-state index in [9.17, 15) is 4.79 Å². The van der Waals surface area contributed by atoms with Gasteiger partial charge in [0.2, 0.25) is 5.91 Å². The molecule has 1 aliphatic carbocycles. The molecule has 6 nitrogen and oxygen atoms in total. The molecule has 6 heteroatoms. The van der Waals surface area contributed by atoms with E-state index < -0.39 is 0 Å². The third-order valence-electron chi connectivity index (χ3n) is 5.05. The molecule has 1 aliphatic heterocycles. The molecule has 0 spiro atoms. The first kappa shape index (κ1) is 15.2. The van der Waals surface area contributed by atoms with Crippen LogP contribution in [-0.2, 0) is 24.2 Å². The van der Waals surface area contributed by atoms with Gasteiger partial charge in [-0.15, -0.1) is 5.10 Å². The fraction of sp³-hybridized carbons (Fsp3) is 0.500. The minimum Gasteiger partial charge on any atom is -0.466 e. The second-order valence-electron chi connectivity index (χ2n) is 6.93. The zero-order valence-corrected chi connectivity index (χ0v) is 13.9. The van der Waals surface area contributed by atoms with E-state index in [-0.39, 0.29) is 5.91 Å². The number of fused-ring (bicyclic) bond motifs is 1. The largest absolute Gasteiger partial charge is 0.466 e. The maximum absolute atomic E-state index is 12.5. The summed E-state index contributed by atoms with van der Waals surface area (Å²) in [4.78, 5) is 14.4. The Morgan fingerprint density at radius 1 is 1.42 bits per heavy atom. The van der Waals surface area contributed by atoms with Crippen LogP contribution in [-0.4, -0.2) is 27.5 Å². The van der Waals surface area contributed by atoms with E-state index in [4.69, 9.17) is 10.2 Å². The Morgan fingerprint density at radius 2 is 2.25 bits per heavy atom. The van der Waals surface area contributed by atoms with E-state index in [0.717, 1.165) is 35.1 Å². The van der Waals surface area contributed by atoms with Crippen LogP contribution in [0.2, 0.25) is 0 Å². The number of rotatable bonds is 4. The van der Waals surface area contributed by atoms with E-state index in [1.165, 1.54) is 6.42 Å². The third kappa shape index (κ3) is 3.00. The average Bonchev–Trinajstić information content (AvgIpc) is 3.12. The first-order chi connectivity index (χ1) is 11.6. The molecule has 2 aliphatic rings. The van der Waals surface area contributed by atoms with Gasteiger partial charge in [0, 0.05) is 38.3 Å². The first-order valence-corrected chi connectivity index (χ1v) is 8.57. The number of nitrogens with two attached hydrogens (primary N) is 1. The van der Waals surface area contributed by atoms with Crippen LogP contribution in [0.1, 0.15) is 48.5 Å². The second-order valence-corrected chi connectivity index (χ2v) is 6.93. The quantitative estimate of drug-likeness (QED) is 0.932. The van der Waals surface area contributed by atoms with Crippen molar-refractivity contribution in [2.75, 3.05) is 12.3 Å². The van der Waals surface area contributed by atoms with Crippen molar-refractivity contribution in [3.05, 3.63) is 41.0 Å².